The van der Waals surface area contributed by atoms with Gasteiger partial charge >= 0.3 is 5.97 Å². The molecule has 0 fully saturated rings. The zero-order chi connectivity index (χ0) is 21.0. The number of hydrogen-bond acceptors (Lipinski definition) is 6. The van der Waals surface area contributed by atoms with Gasteiger partial charge in [0, 0.05) is 16.5 Å². The van der Waals surface area contributed by atoms with Crippen LogP contribution in [0.4, 0.5) is 5.69 Å². The number of fused-ring (bicyclic) bond motifs is 1. The van der Waals surface area contributed by atoms with E-state index in [1.54, 1.807) is 24.3 Å². The fourth-order valence-corrected chi connectivity index (χ4v) is 2.92. The van der Waals surface area contributed by atoms with Crippen LogP contribution in [-0.2, 0) is 9.53 Å². The minimum atomic E-state index is -0.592. The van der Waals surface area contributed by atoms with Crippen molar-refractivity contribution in [3.05, 3.63) is 58.7 Å². The number of carbonyl (C=O) groups is 2. The molecule has 0 aliphatic rings. The Morgan fingerprint density at radius 3 is 2.59 bits per heavy atom. The van der Waals surface area contributed by atoms with E-state index >= 15 is 0 Å². The van der Waals surface area contributed by atoms with Crippen molar-refractivity contribution in [2.75, 3.05) is 26.1 Å². The molecule has 0 aliphatic carbocycles. The highest BCUT2D eigenvalue weighted by Crippen LogP contribution is 2.29. The Hall–Kier alpha value is -3.32. The Labute approximate surface area is 172 Å². The van der Waals surface area contributed by atoms with Gasteiger partial charge in [-0.1, -0.05) is 23.2 Å². The molecular formula is C21H19ClN2O5. The standard InChI is InChI=1S/C21H19ClN2O5/c1-12-4-6-15-14(8-12)19(10-17(23-15)21(26)28-3)29-11-20(25)24-16-9-13(22)5-7-18(16)27-2/h4-10H,11H2,1-3H3,(H,24,25). The number of halogens is 1. The lowest BCUT2D eigenvalue weighted by molar-refractivity contribution is -0.118. The Kier molecular flexibility index (Phi) is 6.19. The summed E-state index contributed by atoms with van der Waals surface area (Å²) < 4.78 is 15.7. The minimum Gasteiger partial charge on any atom is -0.495 e. The van der Waals surface area contributed by atoms with Crippen molar-refractivity contribution in [2.45, 2.75) is 6.92 Å². The van der Waals surface area contributed by atoms with E-state index in [0.717, 1.165) is 5.56 Å². The Bertz CT molecular complexity index is 1080. The smallest absolute Gasteiger partial charge is 0.356 e. The van der Waals surface area contributed by atoms with Crippen molar-refractivity contribution >= 4 is 40.1 Å². The van der Waals surface area contributed by atoms with Gasteiger partial charge in [0.2, 0.25) is 0 Å². The number of nitrogens with zero attached hydrogens (tertiary/aromatic N) is 1. The molecule has 0 unspecified atom stereocenters. The summed E-state index contributed by atoms with van der Waals surface area (Å²) in [7, 11) is 2.77. The van der Waals surface area contributed by atoms with Crippen LogP contribution in [0.5, 0.6) is 11.5 Å². The summed E-state index contributed by atoms with van der Waals surface area (Å²) in [6.07, 6.45) is 0. The number of carbonyl (C=O) groups excluding carboxylic acids is 2. The molecule has 0 saturated carbocycles. The van der Waals surface area contributed by atoms with Gasteiger partial charge in [0.1, 0.15) is 11.5 Å². The number of rotatable bonds is 6. The van der Waals surface area contributed by atoms with Crippen LogP contribution in [0, 0.1) is 6.92 Å². The summed E-state index contributed by atoms with van der Waals surface area (Å²) in [6.45, 7) is 1.64. The molecule has 8 heteroatoms. The SMILES string of the molecule is COC(=O)c1cc(OCC(=O)Nc2cc(Cl)ccc2OC)c2cc(C)ccc2n1. The third-order valence-corrected chi connectivity index (χ3v) is 4.35. The molecule has 3 aromatic rings. The van der Waals surface area contributed by atoms with Gasteiger partial charge in [0.05, 0.1) is 25.4 Å². The van der Waals surface area contributed by atoms with Gasteiger partial charge in [-0.15, -0.1) is 0 Å². The van der Waals surface area contributed by atoms with E-state index in [1.807, 2.05) is 19.1 Å². The third kappa shape index (κ3) is 4.75. The minimum absolute atomic E-state index is 0.0933. The highest BCUT2D eigenvalue weighted by molar-refractivity contribution is 6.31. The molecular weight excluding hydrogens is 396 g/mol. The summed E-state index contributed by atoms with van der Waals surface area (Å²) in [5.74, 6) is -0.179. The first kappa shape index (κ1) is 20.4. The molecule has 7 nitrogen and oxygen atoms in total. The summed E-state index contributed by atoms with van der Waals surface area (Å²) in [4.78, 5) is 28.6. The predicted octanol–water partition coefficient (Wildman–Crippen LogP) is 4.01. The highest BCUT2D eigenvalue weighted by atomic mass is 35.5. The second-order valence-electron chi connectivity index (χ2n) is 6.20. The Morgan fingerprint density at radius 2 is 1.86 bits per heavy atom. The Morgan fingerprint density at radius 1 is 1.07 bits per heavy atom. The number of pyridine rings is 1. The molecule has 0 spiro atoms. The van der Waals surface area contributed by atoms with Gasteiger partial charge in [0.15, 0.2) is 12.3 Å². The van der Waals surface area contributed by atoms with E-state index in [-0.39, 0.29) is 12.3 Å². The number of anilines is 1. The van der Waals surface area contributed by atoms with Gasteiger partial charge in [-0.2, -0.15) is 0 Å². The van der Waals surface area contributed by atoms with Crippen LogP contribution in [0.15, 0.2) is 42.5 Å². The molecule has 1 aromatic heterocycles. The third-order valence-electron chi connectivity index (χ3n) is 4.12. The number of esters is 1. The normalized spacial score (nSPS) is 10.5. The quantitative estimate of drug-likeness (QED) is 0.613. The molecule has 3 rings (SSSR count). The van der Waals surface area contributed by atoms with E-state index < -0.39 is 11.9 Å². The van der Waals surface area contributed by atoms with Gasteiger partial charge in [-0.05, 0) is 37.3 Å². The fraction of sp³-hybridized carbons (Fsp3) is 0.190. The summed E-state index contributed by atoms with van der Waals surface area (Å²) in [5, 5.41) is 3.84. The van der Waals surface area contributed by atoms with Crippen LogP contribution in [0.1, 0.15) is 16.1 Å². The molecule has 0 bridgehead atoms. The van der Waals surface area contributed by atoms with Crippen LogP contribution >= 0.6 is 11.6 Å². The average Bonchev–Trinajstić information content (AvgIpc) is 2.71. The monoisotopic (exact) mass is 414 g/mol. The lowest BCUT2D eigenvalue weighted by atomic mass is 10.1. The maximum absolute atomic E-state index is 12.4. The summed E-state index contributed by atoms with van der Waals surface area (Å²) in [6, 6.07) is 11.9. The lowest BCUT2D eigenvalue weighted by Gasteiger charge is -2.13. The van der Waals surface area contributed by atoms with Crippen molar-refractivity contribution in [3.8, 4) is 11.5 Å². The number of benzene rings is 2. The Balaban J connectivity index is 1.84. The maximum atomic E-state index is 12.4. The van der Waals surface area contributed by atoms with Crippen molar-refractivity contribution in [1.82, 2.24) is 4.98 Å². The first-order valence-corrected chi connectivity index (χ1v) is 9.05. The largest absolute Gasteiger partial charge is 0.495 e. The number of aryl methyl sites for hydroxylation is 1. The predicted molar refractivity (Wildman–Crippen MR) is 110 cm³/mol. The van der Waals surface area contributed by atoms with Crippen molar-refractivity contribution in [3.63, 3.8) is 0 Å². The number of methoxy groups -OCH3 is 2. The van der Waals surface area contributed by atoms with Gasteiger partial charge in [-0.25, -0.2) is 9.78 Å². The zero-order valence-corrected chi connectivity index (χ0v) is 16.9. The second kappa shape index (κ2) is 8.79. The van der Waals surface area contributed by atoms with Crippen molar-refractivity contribution in [2.24, 2.45) is 0 Å². The molecule has 29 heavy (non-hydrogen) atoms. The first-order valence-electron chi connectivity index (χ1n) is 8.67. The summed E-state index contributed by atoms with van der Waals surface area (Å²) in [5.41, 5.74) is 2.07. The number of aromatic nitrogens is 1. The van der Waals surface area contributed by atoms with Gasteiger partial charge in [0.25, 0.3) is 5.91 Å². The lowest BCUT2D eigenvalue weighted by Crippen LogP contribution is -2.21. The maximum Gasteiger partial charge on any atom is 0.356 e. The topological polar surface area (TPSA) is 86.8 Å². The molecule has 0 aliphatic heterocycles. The van der Waals surface area contributed by atoms with Crippen LogP contribution in [-0.4, -0.2) is 37.7 Å². The number of ether oxygens (including phenoxy) is 3. The van der Waals surface area contributed by atoms with Gasteiger partial charge in [-0.3, -0.25) is 4.79 Å². The van der Waals surface area contributed by atoms with Crippen LogP contribution < -0.4 is 14.8 Å². The highest BCUT2D eigenvalue weighted by Gasteiger charge is 2.15. The van der Waals surface area contributed by atoms with Crippen LogP contribution in [0.2, 0.25) is 5.02 Å². The molecule has 1 N–H and O–H groups in total. The van der Waals surface area contributed by atoms with E-state index in [2.05, 4.69) is 10.3 Å². The molecule has 0 saturated heterocycles. The molecule has 1 amide bonds. The van der Waals surface area contributed by atoms with Crippen molar-refractivity contribution in [1.29, 1.82) is 0 Å². The van der Waals surface area contributed by atoms with E-state index in [9.17, 15) is 9.59 Å². The van der Waals surface area contributed by atoms with E-state index in [4.69, 9.17) is 25.8 Å². The van der Waals surface area contributed by atoms with Crippen LogP contribution in [0.25, 0.3) is 10.9 Å². The number of hydrogen-bond donors (Lipinski definition) is 1. The fourth-order valence-electron chi connectivity index (χ4n) is 2.74. The van der Waals surface area contributed by atoms with Crippen LogP contribution in [0.3, 0.4) is 0 Å². The summed E-state index contributed by atoms with van der Waals surface area (Å²) >= 11 is 5.98. The second-order valence-corrected chi connectivity index (χ2v) is 6.64. The molecule has 1 heterocycles. The molecule has 150 valence electrons. The number of nitrogens with one attached hydrogen (secondary N) is 1. The van der Waals surface area contributed by atoms with Crippen molar-refractivity contribution < 1.29 is 23.8 Å². The van der Waals surface area contributed by atoms with Gasteiger partial charge < -0.3 is 19.5 Å². The molecule has 2 aromatic carbocycles. The average molecular weight is 415 g/mol. The molecule has 0 radical (unpaired) electrons. The number of amides is 1. The molecule has 0 atom stereocenters. The first-order chi connectivity index (χ1) is 13.9. The zero-order valence-electron chi connectivity index (χ0n) is 16.1. The van der Waals surface area contributed by atoms with E-state index in [1.165, 1.54) is 20.3 Å². The van der Waals surface area contributed by atoms with E-state index in [0.29, 0.717) is 33.1 Å².